The van der Waals surface area contributed by atoms with Crippen molar-refractivity contribution in [3.63, 3.8) is 0 Å². The van der Waals surface area contributed by atoms with Crippen LogP contribution in [0.25, 0.3) is 0 Å². The van der Waals surface area contributed by atoms with Crippen LogP contribution in [0.1, 0.15) is 97.9 Å². The van der Waals surface area contributed by atoms with Crippen molar-refractivity contribution in [3.05, 3.63) is 70.3 Å². The fourth-order valence-electron chi connectivity index (χ4n) is 5.75. The number of benzene rings is 2. The predicted molar refractivity (Wildman–Crippen MR) is 142 cm³/mol. The first-order valence-electron chi connectivity index (χ1n) is 13.3. The Morgan fingerprint density at radius 3 is 2.41 bits per heavy atom. The molecule has 2 fully saturated rings. The van der Waals surface area contributed by atoms with Crippen molar-refractivity contribution in [2.75, 3.05) is 6.61 Å². The Morgan fingerprint density at radius 2 is 1.77 bits per heavy atom. The van der Waals surface area contributed by atoms with E-state index in [2.05, 4.69) is 9.68 Å². The minimum absolute atomic E-state index is 0.0489. The van der Waals surface area contributed by atoms with Gasteiger partial charge in [-0.25, -0.2) is 4.57 Å². The molecule has 0 saturated heterocycles. The molecule has 214 valence electrons. The summed E-state index contributed by atoms with van der Waals surface area (Å²) in [5, 5.41) is 4.12. The summed E-state index contributed by atoms with van der Waals surface area (Å²) < 4.78 is 57.1. The highest BCUT2D eigenvalue weighted by molar-refractivity contribution is 7.46. The van der Waals surface area contributed by atoms with Crippen molar-refractivity contribution in [2.24, 2.45) is 10.9 Å². The van der Waals surface area contributed by atoms with Crippen molar-refractivity contribution < 1.29 is 36.9 Å². The monoisotopic (exact) mass is 568 g/mol. The third-order valence-corrected chi connectivity index (χ3v) is 8.33. The molecule has 0 bridgehead atoms. The number of oxime groups is 1. The molecule has 2 aliphatic rings. The molecular formula is C28H36F3N2O5P. The average molecular weight is 569 g/mol. The van der Waals surface area contributed by atoms with E-state index >= 15 is 0 Å². The van der Waals surface area contributed by atoms with Gasteiger partial charge in [0.2, 0.25) is 0 Å². The molecule has 2 saturated carbocycles. The molecular weight excluding hydrogens is 532 g/mol. The predicted octanol–water partition coefficient (Wildman–Crippen LogP) is 6.77. The molecule has 11 heteroatoms. The molecule has 0 radical (unpaired) electrons. The quantitative estimate of drug-likeness (QED) is 0.175. The third kappa shape index (κ3) is 8.14. The number of halogens is 3. The number of rotatable bonds is 9. The molecule has 0 amide bonds. The highest BCUT2D eigenvalue weighted by Crippen LogP contribution is 2.44. The van der Waals surface area contributed by atoms with Crippen LogP contribution in [0, 0.1) is 0 Å². The van der Waals surface area contributed by atoms with E-state index in [1.807, 2.05) is 24.3 Å². The standard InChI is InChI=1S/C28H36F3N2O5P/c1-19(21-8-10-22(11-9-21)24-13-14-27(32,16-24)18-38-39(34,35)36)33-37-17-20-7-12-25(23-5-3-2-4-6-23)26(15-20)28(29,30)31/h7-12,15,23-24H,2-6,13-14,16-18,32H2,1H3,(H2,34,35,36)/b33-19+/t24-,27-/m1/s1. The lowest BCUT2D eigenvalue weighted by Crippen LogP contribution is -2.41. The number of hydrogen-bond donors (Lipinski definition) is 3. The van der Waals surface area contributed by atoms with Crippen molar-refractivity contribution >= 4 is 13.5 Å². The van der Waals surface area contributed by atoms with Crippen LogP contribution in [-0.2, 0) is 26.7 Å². The van der Waals surface area contributed by atoms with Crippen molar-refractivity contribution in [1.29, 1.82) is 0 Å². The number of phosphoric acid groups is 1. The number of nitrogens with zero attached hydrogens (tertiary/aromatic N) is 1. The highest BCUT2D eigenvalue weighted by Gasteiger charge is 2.38. The second-order valence-electron chi connectivity index (χ2n) is 10.9. The number of phosphoric ester groups is 1. The Morgan fingerprint density at radius 1 is 1.08 bits per heavy atom. The molecule has 0 spiro atoms. The summed E-state index contributed by atoms with van der Waals surface area (Å²) in [7, 11) is -4.57. The minimum atomic E-state index is -4.57. The summed E-state index contributed by atoms with van der Waals surface area (Å²) in [5.74, 6) is 0.0875. The summed E-state index contributed by atoms with van der Waals surface area (Å²) in [4.78, 5) is 23.3. The normalized spacial score (nSPS) is 23.3. The Bertz CT molecular complexity index is 1210. The lowest BCUT2D eigenvalue weighted by molar-refractivity contribution is -0.138. The fourth-order valence-corrected chi connectivity index (χ4v) is 6.17. The van der Waals surface area contributed by atoms with E-state index in [1.165, 1.54) is 6.07 Å². The topological polar surface area (TPSA) is 114 Å². The Balaban J connectivity index is 1.36. The van der Waals surface area contributed by atoms with E-state index in [1.54, 1.807) is 19.1 Å². The smallest absolute Gasteiger partial charge is 0.391 e. The van der Waals surface area contributed by atoms with E-state index in [0.717, 1.165) is 49.7 Å². The summed E-state index contributed by atoms with van der Waals surface area (Å²) in [5.41, 5.74) is 8.17. The summed E-state index contributed by atoms with van der Waals surface area (Å²) >= 11 is 0. The molecule has 2 atom stereocenters. The molecule has 39 heavy (non-hydrogen) atoms. The van der Waals surface area contributed by atoms with Crippen LogP contribution in [0.3, 0.4) is 0 Å². The first kappa shape index (κ1) is 29.7. The SMILES string of the molecule is C/C(=N\OCc1ccc(C2CCCCC2)c(C(F)(F)F)c1)c1ccc([C@@H]2CC[C@](N)(COP(=O)(O)O)C2)cc1. The second-order valence-corrected chi connectivity index (χ2v) is 12.1. The zero-order valence-corrected chi connectivity index (χ0v) is 22.9. The molecule has 2 aliphatic carbocycles. The molecule has 7 nitrogen and oxygen atoms in total. The summed E-state index contributed by atoms with van der Waals surface area (Å²) in [6, 6.07) is 12.2. The van der Waals surface area contributed by atoms with Gasteiger partial charge in [-0.2, -0.15) is 13.2 Å². The number of hydrogen-bond acceptors (Lipinski definition) is 5. The van der Waals surface area contributed by atoms with Crippen LogP contribution in [0.4, 0.5) is 13.2 Å². The third-order valence-electron chi connectivity index (χ3n) is 7.86. The Kier molecular flexibility index (Phi) is 9.23. The molecule has 2 aromatic carbocycles. The maximum absolute atomic E-state index is 13.8. The van der Waals surface area contributed by atoms with Gasteiger partial charge in [-0.05, 0) is 79.2 Å². The summed E-state index contributed by atoms with van der Waals surface area (Å²) in [6.45, 7) is 1.49. The molecule has 0 aromatic heterocycles. The maximum atomic E-state index is 13.8. The van der Waals surface area contributed by atoms with E-state index in [-0.39, 0.29) is 25.0 Å². The van der Waals surface area contributed by atoms with E-state index in [0.29, 0.717) is 29.7 Å². The van der Waals surface area contributed by atoms with Crippen LogP contribution >= 0.6 is 7.82 Å². The van der Waals surface area contributed by atoms with Gasteiger partial charge in [-0.1, -0.05) is 60.8 Å². The van der Waals surface area contributed by atoms with Crippen molar-refractivity contribution in [2.45, 2.75) is 88.4 Å². The zero-order chi connectivity index (χ0) is 28.3. The molecule has 0 unspecified atom stereocenters. The van der Waals surface area contributed by atoms with Gasteiger partial charge < -0.3 is 20.4 Å². The van der Waals surface area contributed by atoms with Gasteiger partial charge in [-0.15, -0.1) is 0 Å². The molecule has 0 aliphatic heterocycles. The lowest BCUT2D eigenvalue weighted by atomic mass is 9.81. The fraction of sp³-hybridized carbons (Fsp3) is 0.536. The van der Waals surface area contributed by atoms with Crippen LogP contribution in [-0.4, -0.2) is 27.6 Å². The number of alkyl halides is 3. The van der Waals surface area contributed by atoms with Gasteiger partial charge in [0.15, 0.2) is 0 Å². The van der Waals surface area contributed by atoms with E-state index < -0.39 is 25.1 Å². The number of nitrogens with two attached hydrogens (primary N) is 1. The second kappa shape index (κ2) is 12.1. The lowest BCUT2D eigenvalue weighted by Gasteiger charge is -2.25. The van der Waals surface area contributed by atoms with Crippen LogP contribution in [0.2, 0.25) is 0 Å². The van der Waals surface area contributed by atoms with Crippen LogP contribution in [0.5, 0.6) is 0 Å². The largest absolute Gasteiger partial charge is 0.469 e. The first-order chi connectivity index (χ1) is 18.3. The van der Waals surface area contributed by atoms with E-state index in [9.17, 15) is 17.7 Å². The average Bonchev–Trinajstić information content (AvgIpc) is 3.29. The first-order valence-corrected chi connectivity index (χ1v) is 14.8. The molecule has 4 rings (SSSR count). The van der Waals surface area contributed by atoms with Gasteiger partial charge in [0.25, 0.3) is 0 Å². The van der Waals surface area contributed by atoms with Crippen LogP contribution in [0.15, 0.2) is 47.6 Å². The highest BCUT2D eigenvalue weighted by atomic mass is 31.2. The van der Waals surface area contributed by atoms with Gasteiger partial charge >= 0.3 is 14.0 Å². The van der Waals surface area contributed by atoms with Gasteiger partial charge in [0, 0.05) is 5.54 Å². The molecule has 0 heterocycles. The minimum Gasteiger partial charge on any atom is -0.391 e. The van der Waals surface area contributed by atoms with E-state index in [4.69, 9.17) is 20.4 Å². The van der Waals surface area contributed by atoms with Gasteiger partial charge in [-0.3, -0.25) is 4.52 Å². The van der Waals surface area contributed by atoms with Crippen LogP contribution < -0.4 is 5.73 Å². The zero-order valence-electron chi connectivity index (χ0n) is 22.0. The Hall–Kier alpha value is -2.23. The molecule has 4 N–H and O–H groups in total. The molecule has 2 aromatic rings. The summed E-state index contributed by atoms with van der Waals surface area (Å²) in [6.07, 6.45) is 2.08. The Labute approximate surface area is 226 Å². The maximum Gasteiger partial charge on any atom is 0.469 e. The van der Waals surface area contributed by atoms with Crippen molar-refractivity contribution in [3.8, 4) is 0 Å². The van der Waals surface area contributed by atoms with Gasteiger partial charge in [0.05, 0.1) is 17.9 Å². The van der Waals surface area contributed by atoms with Crippen molar-refractivity contribution in [1.82, 2.24) is 0 Å². The van der Waals surface area contributed by atoms with Gasteiger partial charge in [0.1, 0.15) is 6.61 Å².